The molecule has 0 unspecified atom stereocenters. The van der Waals surface area contributed by atoms with Crippen LogP contribution in [-0.4, -0.2) is 24.3 Å². The van der Waals surface area contributed by atoms with Crippen molar-refractivity contribution in [1.82, 2.24) is 5.32 Å². The van der Waals surface area contributed by atoms with E-state index < -0.39 is 0 Å². The number of hydrogen-bond acceptors (Lipinski definition) is 2. The molecule has 0 saturated carbocycles. The zero-order chi connectivity index (χ0) is 14.1. The first-order valence-electron chi connectivity index (χ1n) is 6.42. The van der Waals surface area contributed by atoms with Crippen molar-refractivity contribution in [3.8, 4) is 11.8 Å². The SMILES string of the molecule is CCCNC(=O)Nc1ccc(C)cc1C#CCCO. The van der Waals surface area contributed by atoms with Gasteiger partial charge in [0, 0.05) is 18.5 Å². The van der Waals surface area contributed by atoms with Gasteiger partial charge in [-0.3, -0.25) is 0 Å². The molecule has 19 heavy (non-hydrogen) atoms. The summed E-state index contributed by atoms with van der Waals surface area (Å²) in [6.45, 7) is 4.65. The van der Waals surface area contributed by atoms with Crippen LogP contribution in [-0.2, 0) is 0 Å². The van der Waals surface area contributed by atoms with Crippen molar-refractivity contribution in [3.05, 3.63) is 29.3 Å². The number of carbonyl (C=O) groups is 1. The number of anilines is 1. The third-order valence-corrected chi connectivity index (χ3v) is 2.42. The van der Waals surface area contributed by atoms with Gasteiger partial charge in [-0.25, -0.2) is 4.79 Å². The summed E-state index contributed by atoms with van der Waals surface area (Å²) < 4.78 is 0. The van der Waals surface area contributed by atoms with E-state index in [4.69, 9.17) is 5.11 Å². The van der Waals surface area contributed by atoms with Crippen LogP contribution >= 0.6 is 0 Å². The lowest BCUT2D eigenvalue weighted by molar-refractivity contribution is 0.252. The number of aryl methyl sites for hydroxylation is 1. The molecule has 3 N–H and O–H groups in total. The number of aliphatic hydroxyl groups is 1. The van der Waals surface area contributed by atoms with E-state index in [0.29, 0.717) is 18.7 Å². The van der Waals surface area contributed by atoms with Crippen molar-refractivity contribution < 1.29 is 9.90 Å². The van der Waals surface area contributed by atoms with Gasteiger partial charge in [0.2, 0.25) is 0 Å². The maximum Gasteiger partial charge on any atom is 0.319 e. The van der Waals surface area contributed by atoms with Gasteiger partial charge in [0.05, 0.1) is 12.3 Å². The zero-order valence-electron chi connectivity index (χ0n) is 11.4. The second-order valence-electron chi connectivity index (χ2n) is 4.21. The van der Waals surface area contributed by atoms with E-state index in [1.54, 1.807) is 0 Å². The number of hydrogen-bond donors (Lipinski definition) is 3. The minimum absolute atomic E-state index is 0.0402. The van der Waals surface area contributed by atoms with Crippen molar-refractivity contribution >= 4 is 11.7 Å². The Morgan fingerprint density at radius 1 is 1.42 bits per heavy atom. The summed E-state index contributed by atoms with van der Waals surface area (Å²) in [5.41, 5.74) is 2.53. The van der Waals surface area contributed by atoms with Crippen LogP contribution in [0.1, 0.15) is 30.9 Å². The number of aliphatic hydroxyl groups excluding tert-OH is 1. The number of urea groups is 1. The Labute approximate surface area is 114 Å². The van der Waals surface area contributed by atoms with E-state index >= 15 is 0 Å². The maximum atomic E-state index is 11.6. The fraction of sp³-hybridized carbons (Fsp3) is 0.400. The molecule has 0 aliphatic carbocycles. The minimum Gasteiger partial charge on any atom is -0.395 e. The molecular weight excluding hydrogens is 240 g/mol. The summed E-state index contributed by atoms with van der Waals surface area (Å²) in [5.74, 6) is 5.83. The summed E-state index contributed by atoms with van der Waals surface area (Å²) >= 11 is 0. The van der Waals surface area contributed by atoms with E-state index in [2.05, 4.69) is 22.5 Å². The summed E-state index contributed by atoms with van der Waals surface area (Å²) in [4.78, 5) is 11.6. The number of carbonyl (C=O) groups excluding carboxylic acids is 1. The number of rotatable bonds is 4. The average Bonchev–Trinajstić information content (AvgIpc) is 2.39. The molecule has 0 spiro atoms. The summed E-state index contributed by atoms with van der Waals surface area (Å²) in [6.07, 6.45) is 1.32. The van der Waals surface area contributed by atoms with E-state index in [-0.39, 0.29) is 12.6 Å². The van der Waals surface area contributed by atoms with Crippen LogP contribution in [0.5, 0.6) is 0 Å². The monoisotopic (exact) mass is 260 g/mol. The van der Waals surface area contributed by atoms with E-state index in [1.807, 2.05) is 32.0 Å². The van der Waals surface area contributed by atoms with Crippen LogP contribution in [0.15, 0.2) is 18.2 Å². The summed E-state index contributed by atoms with van der Waals surface area (Å²) in [6, 6.07) is 5.45. The fourth-order valence-electron chi connectivity index (χ4n) is 1.49. The number of benzene rings is 1. The third-order valence-electron chi connectivity index (χ3n) is 2.42. The molecule has 0 aromatic heterocycles. The molecule has 0 fully saturated rings. The number of nitrogens with one attached hydrogen (secondary N) is 2. The van der Waals surface area contributed by atoms with Gasteiger partial charge >= 0.3 is 6.03 Å². The minimum atomic E-state index is -0.226. The lowest BCUT2D eigenvalue weighted by Crippen LogP contribution is -2.29. The Morgan fingerprint density at radius 2 is 2.21 bits per heavy atom. The zero-order valence-corrected chi connectivity index (χ0v) is 11.4. The average molecular weight is 260 g/mol. The molecule has 4 nitrogen and oxygen atoms in total. The molecule has 0 bridgehead atoms. The van der Waals surface area contributed by atoms with Gasteiger partial charge in [-0.2, -0.15) is 0 Å². The molecule has 0 aliphatic rings. The van der Waals surface area contributed by atoms with E-state index in [0.717, 1.165) is 17.5 Å². The van der Waals surface area contributed by atoms with Crippen molar-refractivity contribution in [2.75, 3.05) is 18.5 Å². The van der Waals surface area contributed by atoms with Gasteiger partial charge in [-0.15, -0.1) is 0 Å². The molecule has 0 atom stereocenters. The molecule has 1 aromatic rings. The van der Waals surface area contributed by atoms with Gasteiger partial charge in [-0.1, -0.05) is 24.8 Å². The van der Waals surface area contributed by atoms with Crippen molar-refractivity contribution in [3.63, 3.8) is 0 Å². The van der Waals surface area contributed by atoms with Crippen molar-refractivity contribution in [2.24, 2.45) is 0 Å². The molecule has 4 heteroatoms. The molecule has 0 aliphatic heterocycles. The van der Waals surface area contributed by atoms with E-state index in [9.17, 15) is 4.79 Å². The fourth-order valence-corrected chi connectivity index (χ4v) is 1.49. The van der Waals surface area contributed by atoms with Crippen molar-refractivity contribution in [1.29, 1.82) is 0 Å². The van der Waals surface area contributed by atoms with Crippen LogP contribution in [0.4, 0.5) is 10.5 Å². The normalized spacial score (nSPS) is 9.42. The molecule has 0 radical (unpaired) electrons. The van der Waals surface area contributed by atoms with Crippen LogP contribution in [0, 0.1) is 18.8 Å². The Morgan fingerprint density at radius 3 is 2.89 bits per heavy atom. The Bertz CT molecular complexity index is 487. The standard InChI is InChI=1S/C15H20N2O2/c1-3-9-16-15(19)17-14-8-7-12(2)11-13(14)6-4-5-10-18/h7-8,11,18H,3,5,9-10H2,1-2H3,(H2,16,17,19). The quantitative estimate of drug-likeness (QED) is 0.727. The topological polar surface area (TPSA) is 61.4 Å². The van der Waals surface area contributed by atoms with E-state index in [1.165, 1.54) is 0 Å². The van der Waals surface area contributed by atoms with Crippen molar-refractivity contribution in [2.45, 2.75) is 26.7 Å². The number of amides is 2. The highest BCUT2D eigenvalue weighted by Gasteiger charge is 2.04. The summed E-state index contributed by atoms with van der Waals surface area (Å²) in [7, 11) is 0. The highest BCUT2D eigenvalue weighted by atomic mass is 16.2. The summed E-state index contributed by atoms with van der Waals surface area (Å²) in [5, 5.41) is 14.3. The van der Waals surface area contributed by atoms with Gasteiger partial charge in [0.25, 0.3) is 0 Å². The van der Waals surface area contributed by atoms with Crippen LogP contribution in [0.25, 0.3) is 0 Å². The van der Waals surface area contributed by atoms with Crippen LogP contribution < -0.4 is 10.6 Å². The first kappa shape index (κ1) is 15.1. The Balaban J connectivity index is 2.82. The Hall–Kier alpha value is -1.99. The lowest BCUT2D eigenvalue weighted by Gasteiger charge is -2.09. The lowest BCUT2D eigenvalue weighted by atomic mass is 10.1. The van der Waals surface area contributed by atoms with Crippen LogP contribution in [0.2, 0.25) is 0 Å². The second kappa shape index (κ2) is 8.17. The highest BCUT2D eigenvalue weighted by Crippen LogP contribution is 2.16. The first-order chi connectivity index (χ1) is 9.17. The van der Waals surface area contributed by atoms with Gasteiger partial charge in [0.15, 0.2) is 0 Å². The molecule has 0 saturated heterocycles. The second-order valence-corrected chi connectivity index (χ2v) is 4.21. The molecule has 1 aromatic carbocycles. The predicted molar refractivity (Wildman–Crippen MR) is 77.1 cm³/mol. The smallest absolute Gasteiger partial charge is 0.319 e. The maximum absolute atomic E-state index is 11.6. The van der Waals surface area contributed by atoms with Gasteiger partial charge < -0.3 is 15.7 Å². The first-order valence-corrected chi connectivity index (χ1v) is 6.42. The molecule has 0 heterocycles. The molecule has 1 rings (SSSR count). The molecule has 102 valence electrons. The van der Waals surface area contributed by atoms with Gasteiger partial charge in [0.1, 0.15) is 0 Å². The predicted octanol–water partition coefficient (Wildman–Crippen LogP) is 2.26. The highest BCUT2D eigenvalue weighted by molar-refractivity contribution is 5.90. The molecular formula is C15H20N2O2. The Kier molecular flexibility index (Phi) is 6.48. The third kappa shape index (κ3) is 5.45. The molecule has 2 amide bonds. The van der Waals surface area contributed by atoms with Crippen LogP contribution in [0.3, 0.4) is 0 Å². The largest absolute Gasteiger partial charge is 0.395 e. The van der Waals surface area contributed by atoms with Gasteiger partial charge in [-0.05, 0) is 31.0 Å².